The number of nitrogens with one attached hydrogen (secondary N) is 1. The summed E-state index contributed by atoms with van der Waals surface area (Å²) in [5.41, 5.74) is 2.71. The average molecular weight is 352 g/mol. The van der Waals surface area contributed by atoms with E-state index in [1.165, 1.54) is 68.9 Å². The molecular weight excluding hydrogens is 317 g/mol. The van der Waals surface area contributed by atoms with Crippen molar-refractivity contribution in [3.8, 4) is 0 Å². The summed E-state index contributed by atoms with van der Waals surface area (Å²) in [7, 11) is -1.98. The molecule has 4 heteroatoms. The molecule has 0 saturated heterocycles. The van der Waals surface area contributed by atoms with Crippen LogP contribution >= 0.6 is 8.03 Å². The molecule has 0 aliphatic heterocycles. The third-order valence-corrected chi connectivity index (χ3v) is 5.07. The summed E-state index contributed by atoms with van der Waals surface area (Å²) in [6, 6.07) is 8.87. The SMILES string of the molecule is CCCCCCCCCCc1ccc(CNCCC[P+](=O)O)cc1. The van der Waals surface area contributed by atoms with E-state index in [1.54, 1.807) is 0 Å². The Morgan fingerprint density at radius 1 is 0.875 bits per heavy atom. The lowest BCUT2D eigenvalue weighted by Crippen LogP contribution is -2.15. The van der Waals surface area contributed by atoms with E-state index in [-0.39, 0.29) is 0 Å². The summed E-state index contributed by atoms with van der Waals surface area (Å²) in [6.07, 6.45) is 13.3. The van der Waals surface area contributed by atoms with Crippen molar-refractivity contribution >= 4 is 8.03 Å². The van der Waals surface area contributed by atoms with Gasteiger partial charge in [0, 0.05) is 13.0 Å². The topological polar surface area (TPSA) is 49.3 Å². The van der Waals surface area contributed by atoms with Crippen LogP contribution in [-0.4, -0.2) is 17.6 Å². The van der Waals surface area contributed by atoms with Crippen LogP contribution in [0.15, 0.2) is 24.3 Å². The van der Waals surface area contributed by atoms with Crippen LogP contribution in [0.5, 0.6) is 0 Å². The van der Waals surface area contributed by atoms with Gasteiger partial charge in [0.25, 0.3) is 0 Å². The molecule has 0 amide bonds. The normalized spacial score (nSPS) is 11.7. The maximum Gasteiger partial charge on any atom is 0.505 e. The van der Waals surface area contributed by atoms with E-state index >= 15 is 0 Å². The number of rotatable bonds is 15. The molecule has 24 heavy (non-hydrogen) atoms. The van der Waals surface area contributed by atoms with Crippen molar-refractivity contribution in [2.75, 3.05) is 12.7 Å². The molecule has 0 heterocycles. The molecule has 0 aliphatic carbocycles. The molecule has 2 N–H and O–H groups in total. The zero-order valence-electron chi connectivity index (χ0n) is 15.3. The molecule has 1 aromatic carbocycles. The van der Waals surface area contributed by atoms with Gasteiger partial charge in [-0.15, -0.1) is 0 Å². The molecule has 1 rings (SSSR count). The van der Waals surface area contributed by atoms with Crippen LogP contribution in [-0.2, 0) is 17.5 Å². The highest BCUT2D eigenvalue weighted by atomic mass is 31.1. The summed E-state index contributed by atoms with van der Waals surface area (Å²) in [5.74, 6) is 0. The smallest absolute Gasteiger partial charge is 0.313 e. The van der Waals surface area contributed by atoms with E-state index in [0.717, 1.165) is 19.5 Å². The van der Waals surface area contributed by atoms with Crippen molar-refractivity contribution < 1.29 is 9.46 Å². The van der Waals surface area contributed by atoms with E-state index in [2.05, 4.69) is 36.5 Å². The van der Waals surface area contributed by atoms with Gasteiger partial charge < -0.3 is 5.32 Å². The van der Waals surface area contributed by atoms with Gasteiger partial charge in [0.1, 0.15) is 0 Å². The third-order valence-electron chi connectivity index (χ3n) is 4.37. The quantitative estimate of drug-likeness (QED) is 0.320. The predicted octanol–water partition coefficient (Wildman–Crippen LogP) is 5.58. The highest BCUT2D eigenvalue weighted by molar-refractivity contribution is 7.37. The highest BCUT2D eigenvalue weighted by Crippen LogP contribution is 2.13. The summed E-state index contributed by atoms with van der Waals surface area (Å²) >= 11 is 0. The van der Waals surface area contributed by atoms with E-state index < -0.39 is 8.03 Å². The first-order chi connectivity index (χ1) is 11.7. The largest absolute Gasteiger partial charge is 0.505 e. The number of hydrogen-bond acceptors (Lipinski definition) is 2. The van der Waals surface area contributed by atoms with Gasteiger partial charge in [-0.3, -0.25) is 0 Å². The summed E-state index contributed by atoms with van der Waals surface area (Å²) in [4.78, 5) is 8.73. The van der Waals surface area contributed by atoms with Gasteiger partial charge in [0.05, 0.1) is 0 Å². The van der Waals surface area contributed by atoms with Crippen molar-refractivity contribution in [1.29, 1.82) is 0 Å². The minimum absolute atomic E-state index is 0.389. The second-order valence-corrected chi connectivity index (χ2v) is 7.80. The van der Waals surface area contributed by atoms with Crippen LogP contribution < -0.4 is 5.32 Å². The molecule has 0 aliphatic rings. The van der Waals surface area contributed by atoms with Gasteiger partial charge in [0.15, 0.2) is 6.16 Å². The monoisotopic (exact) mass is 352 g/mol. The van der Waals surface area contributed by atoms with Crippen LogP contribution in [0, 0.1) is 0 Å². The Hall–Kier alpha value is -0.760. The molecule has 0 aromatic heterocycles. The Balaban J connectivity index is 2.04. The number of benzene rings is 1. The van der Waals surface area contributed by atoms with Crippen LogP contribution in [0.25, 0.3) is 0 Å². The van der Waals surface area contributed by atoms with Gasteiger partial charge in [0.2, 0.25) is 0 Å². The van der Waals surface area contributed by atoms with Gasteiger partial charge in [-0.2, -0.15) is 4.89 Å². The standard InChI is InChI=1S/C20H34NO2P/c1-2-3-4-5-6-7-8-9-11-19-12-14-20(15-13-19)18-21-16-10-17-24(22)23/h12-15,21H,2-11,16-18H2,1H3/p+1. The first kappa shape index (κ1) is 21.3. The van der Waals surface area contributed by atoms with Crippen LogP contribution in [0.2, 0.25) is 0 Å². The maximum absolute atomic E-state index is 10.6. The van der Waals surface area contributed by atoms with Crippen LogP contribution in [0.3, 0.4) is 0 Å². The molecule has 1 aromatic rings. The molecular formula is C20H35NO2P+. The zero-order valence-corrected chi connectivity index (χ0v) is 16.2. The number of unbranched alkanes of at least 4 members (excludes halogenated alkanes) is 7. The highest BCUT2D eigenvalue weighted by Gasteiger charge is 2.07. The first-order valence-electron chi connectivity index (χ1n) is 9.64. The fourth-order valence-electron chi connectivity index (χ4n) is 2.86. The maximum atomic E-state index is 10.6. The zero-order chi connectivity index (χ0) is 17.5. The molecule has 1 unspecified atom stereocenters. The molecule has 0 spiro atoms. The van der Waals surface area contributed by atoms with E-state index in [9.17, 15) is 4.57 Å². The lowest BCUT2D eigenvalue weighted by Gasteiger charge is -2.06. The van der Waals surface area contributed by atoms with Crippen molar-refractivity contribution in [1.82, 2.24) is 5.32 Å². The Morgan fingerprint density at radius 2 is 1.46 bits per heavy atom. The van der Waals surface area contributed by atoms with Crippen molar-refractivity contribution in [3.63, 3.8) is 0 Å². The minimum atomic E-state index is -1.98. The average Bonchev–Trinajstić information content (AvgIpc) is 2.58. The second kappa shape index (κ2) is 14.6. The van der Waals surface area contributed by atoms with Crippen molar-refractivity contribution in [2.45, 2.75) is 77.7 Å². The second-order valence-electron chi connectivity index (χ2n) is 6.65. The van der Waals surface area contributed by atoms with Crippen molar-refractivity contribution in [2.24, 2.45) is 0 Å². The van der Waals surface area contributed by atoms with Gasteiger partial charge in [-0.25, -0.2) is 0 Å². The predicted molar refractivity (Wildman–Crippen MR) is 104 cm³/mol. The van der Waals surface area contributed by atoms with Gasteiger partial charge >= 0.3 is 8.03 Å². The van der Waals surface area contributed by atoms with Gasteiger partial charge in [-0.1, -0.05) is 76.1 Å². The molecule has 1 atom stereocenters. The Bertz CT molecular complexity index is 434. The molecule has 0 bridgehead atoms. The number of hydrogen-bond donors (Lipinski definition) is 2. The molecule has 3 nitrogen and oxygen atoms in total. The van der Waals surface area contributed by atoms with Crippen molar-refractivity contribution in [3.05, 3.63) is 35.4 Å². The lowest BCUT2D eigenvalue weighted by atomic mass is 10.0. The fourth-order valence-corrected chi connectivity index (χ4v) is 3.29. The fraction of sp³-hybridized carbons (Fsp3) is 0.700. The number of aryl methyl sites for hydroxylation is 1. The van der Waals surface area contributed by atoms with E-state index in [4.69, 9.17) is 4.89 Å². The molecule has 136 valence electrons. The first-order valence-corrected chi connectivity index (χ1v) is 11.0. The minimum Gasteiger partial charge on any atom is -0.313 e. The third kappa shape index (κ3) is 11.7. The Morgan fingerprint density at radius 3 is 2.08 bits per heavy atom. The Kier molecular flexibility index (Phi) is 12.9. The van der Waals surface area contributed by atoms with E-state index in [0.29, 0.717) is 6.16 Å². The summed E-state index contributed by atoms with van der Waals surface area (Å²) in [6.45, 7) is 3.89. The van der Waals surface area contributed by atoms with Gasteiger partial charge in [-0.05, 0) is 35.1 Å². The molecule has 0 radical (unpaired) electrons. The molecule has 0 saturated carbocycles. The Labute approximate surface area is 149 Å². The van der Waals surface area contributed by atoms with E-state index in [1.807, 2.05) is 0 Å². The van der Waals surface area contributed by atoms with Crippen LogP contribution in [0.4, 0.5) is 0 Å². The summed E-state index contributed by atoms with van der Waals surface area (Å²) in [5, 5.41) is 3.32. The molecule has 0 fully saturated rings. The lowest BCUT2D eigenvalue weighted by molar-refractivity contribution is 0.499. The summed E-state index contributed by atoms with van der Waals surface area (Å²) < 4.78 is 10.6. The van der Waals surface area contributed by atoms with Crippen LogP contribution in [0.1, 0.15) is 75.8 Å².